The van der Waals surface area contributed by atoms with E-state index in [1.54, 1.807) is 0 Å². The summed E-state index contributed by atoms with van der Waals surface area (Å²) in [5.74, 6) is 1.58. The van der Waals surface area contributed by atoms with Crippen molar-refractivity contribution in [3.63, 3.8) is 0 Å². The lowest BCUT2D eigenvalue weighted by Crippen LogP contribution is -2.31. The predicted octanol–water partition coefficient (Wildman–Crippen LogP) is 2.68. The van der Waals surface area contributed by atoms with E-state index in [1.807, 2.05) is 30.5 Å². The Hall–Kier alpha value is -2.15. The van der Waals surface area contributed by atoms with Gasteiger partial charge in [-0.05, 0) is 37.6 Å². The van der Waals surface area contributed by atoms with Crippen LogP contribution >= 0.6 is 11.3 Å². The summed E-state index contributed by atoms with van der Waals surface area (Å²) in [6.45, 7) is 5.24. The molecule has 0 atom stereocenters. The number of rotatable bonds is 6. The van der Waals surface area contributed by atoms with Crippen molar-refractivity contribution in [2.24, 2.45) is 0 Å². The second-order valence-corrected chi connectivity index (χ2v) is 6.85. The van der Waals surface area contributed by atoms with Crippen molar-refractivity contribution < 1.29 is 4.79 Å². The molecular weight excluding hydrogens is 322 g/mol. The first-order valence-electron chi connectivity index (χ1n) is 8.38. The number of nitrogens with zero attached hydrogens (tertiary/aromatic N) is 3. The normalized spacial score (nSPS) is 14.5. The maximum atomic E-state index is 11.9. The van der Waals surface area contributed by atoms with Crippen LogP contribution in [0.2, 0.25) is 0 Å². The fourth-order valence-corrected chi connectivity index (χ4v) is 3.40. The number of carbonyl (C=O) groups excluding carboxylic acids is 1. The van der Waals surface area contributed by atoms with Crippen molar-refractivity contribution in [3.05, 3.63) is 34.2 Å². The number of aromatic nitrogens is 2. The summed E-state index contributed by atoms with van der Waals surface area (Å²) in [6, 6.07) is 5.73. The SMILES string of the molecule is Cc1cc(N2CCCCC2)nc(NCCNC(=O)c2cccs2)n1. The van der Waals surface area contributed by atoms with Gasteiger partial charge in [-0.2, -0.15) is 4.98 Å². The van der Waals surface area contributed by atoms with E-state index < -0.39 is 0 Å². The number of thiophene rings is 1. The van der Waals surface area contributed by atoms with Crippen molar-refractivity contribution in [1.29, 1.82) is 0 Å². The lowest BCUT2D eigenvalue weighted by Gasteiger charge is -2.28. The van der Waals surface area contributed by atoms with Crippen LogP contribution in [0.3, 0.4) is 0 Å². The number of hydrogen-bond acceptors (Lipinski definition) is 6. The highest BCUT2D eigenvalue weighted by atomic mass is 32.1. The van der Waals surface area contributed by atoms with Crippen LogP contribution in [0.4, 0.5) is 11.8 Å². The minimum Gasteiger partial charge on any atom is -0.356 e. The molecule has 24 heavy (non-hydrogen) atoms. The quantitative estimate of drug-likeness (QED) is 0.788. The molecule has 3 rings (SSSR count). The van der Waals surface area contributed by atoms with Crippen LogP contribution in [-0.4, -0.2) is 42.1 Å². The molecule has 0 aromatic carbocycles. The smallest absolute Gasteiger partial charge is 0.261 e. The van der Waals surface area contributed by atoms with Gasteiger partial charge in [0.2, 0.25) is 5.95 Å². The first-order chi connectivity index (χ1) is 11.7. The van der Waals surface area contributed by atoms with Crippen LogP contribution < -0.4 is 15.5 Å². The average molecular weight is 345 g/mol. The van der Waals surface area contributed by atoms with Gasteiger partial charge < -0.3 is 15.5 Å². The van der Waals surface area contributed by atoms with E-state index in [0.29, 0.717) is 19.0 Å². The van der Waals surface area contributed by atoms with Crippen LogP contribution in [0, 0.1) is 6.92 Å². The second-order valence-electron chi connectivity index (χ2n) is 5.90. The molecule has 7 heteroatoms. The summed E-state index contributed by atoms with van der Waals surface area (Å²) in [5.41, 5.74) is 0.954. The van der Waals surface area contributed by atoms with Gasteiger partial charge in [0.1, 0.15) is 5.82 Å². The van der Waals surface area contributed by atoms with Crippen molar-refractivity contribution in [3.8, 4) is 0 Å². The summed E-state index contributed by atoms with van der Waals surface area (Å²) in [7, 11) is 0. The fraction of sp³-hybridized carbons (Fsp3) is 0.471. The van der Waals surface area contributed by atoms with Crippen LogP contribution in [0.5, 0.6) is 0 Å². The molecule has 1 amide bonds. The molecule has 1 aliphatic heterocycles. The number of anilines is 2. The number of hydrogen-bond donors (Lipinski definition) is 2. The molecule has 0 radical (unpaired) electrons. The van der Waals surface area contributed by atoms with E-state index in [4.69, 9.17) is 0 Å². The highest BCUT2D eigenvalue weighted by Gasteiger charge is 2.13. The van der Waals surface area contributed by atoms with Crippen LogP contribution in [0.1, 0.15) is 34.6 Å². The van der Waals surface area contributed by atoms with Gasteiger partial charge in [0, 0.05) is 37.9 Å². The van der Waals surface area contributed by atoms with E-state index in [-0.39, 0.29) is 5.91 Å². The van der Waals surface area contributed by atoms with Crippen LogP contribution in [-0.2, 0) is 0 Å². The zero-order chi connectivity index (χ0) is 16.8. The zero-order valence-corrected chi connectivity index (χ0v) is 14.7. The lowest BCUT2D eigenvalue weighted by atomic mass is 10.1. The monoisotopic (exact) mass is 345 g/mol. The number of nitrogens with one attached hydrogen (secondary N) is 2. The van der Waals surface area contributed by atoms with Gasteiger partial charge in [-0.25, -0.2) is 4.98 Å². The standard InChI is InChI=1S/C17H23N5OS/c1-13-12-15(22-9-3-2-4-10-22)21-17(20-13)19-8-7-18-16(23)14-6-5-11-24-14/h5-6,11-12H,2-4,7-10H2,1H3,(H,18,23)(H,19,20,21). The third-order valence-corrected chi connectivity index (χ3v) is 4.83. The first-order valence-corrected chi connectivity index (χ1v) is 9.26. The molecule has 2 aromatic heterocycles. The minimum absolute atomic E-state index is 0.0361. The topological polar surface area (TPSA) is 70.2 Å². The maximum absolute atomic E-state index is 11.9. The largest absolute Gasteiger partial charge is 0.356 e. The Morgan fingerprint density at radius 1 is 1.25 bits per heavy atom. The number of amides is 1. The molecule has 0 unspecified atom stereocenters. The molecule has 1 saturated heterocycles. The third-order valence-electron chi connectivity index (χ3n) is 3.96. The van der Waals surface area contributed by atoms with Gasteiger partial charge in [-0.15, -0.1) is 11.3 Å². The zero-order valence-electron chi connectivity index (χ0n) is 13.9. The van der Waals surface area contributed by atoms with Gasteiger partial charge in [-0.3, -0.25) is 4.79 Å². The van der Waals surface area contributed by atoms with Gasteiger partial charge in [-0.1, -0.05) is 6.07 Å². The summed E-state index contributed by atoms with van der Waals surface area (Å²) in [5, 5.41) is 8.00. The second kappa shape index (κ2) is 8.10. The molecule has 1 fully saturated rings. The molecule has 0 aliphatic carbocycles. The average Bonchev–Trinajstić information content (AvgIpc) is 3.14. The highest BCUT2D eigenvalue weighted by Crippen LogP contribution is 2.19. The molecule has 0 spiro atoms. The molecule has 2 aromatic rings. The lowest BCUT2D eigenvalue weighted by molar-refractivity contribution is 0.0959. The van der Waals surface area contributed by atoms with Crippen molar-refractivity contribution in [1.82, 2.24) is 15.3 Å². The Labute approximate surface area is 146 Å². The maximum Gasteiger partial charge on any atom is 0.261 e. The van der Waals surface area contributed by atoms with Crippen molar-refractivity contribution in [2.75, 3.05) is 36.4 Å². The molecule has 0 saturated carbocycles. The summed E-state index contributed by atoms with van der Waals surface area (Å²) < 4.78 is 0. The van der Waals surface area contributed by atoms with E-state index in [9.17, 15) is 4.79 Å². The molecule has 6 nitrogen and oxygen atoms in total. The number of piperidine rings is 1. The Morgan fingerprint density at radius 3 is 2.83 bits per heavy atom. The van der Waals surface area contributed by atoms with Crippen LogP contribution in [0.25, 0.3) is 0 Å². The van der Waals surface area contributed by atoms with Gasteiger partial charge in [0.25, 0.3) is 5.91 Å². The van der Waals surface area contributed by atoms with Crippen molar-refractivity contribution in [2.45, 2.75) is 26.2 Å². The fourth-order valence-electron chi connectivity index (χ4n) is 2.76. The summed E-state index contributed by atoms with van der Waals surface area (Å²) in [4.78, 5) is 24.0. The molecule has 128 valence electrons. The predicted molar refractivity (Wildman–Crippen MR) is 98.0 cm³/mol. The van der Waals surface area contributed by atoms with Gasteiger partial charge in [0.15, 0.2) is 0 Å². The number of aryl methyl sites for hydroxylation is 1. The summed E-state index contributed by atoms with van der Waals surface area (Å²) >= 11 is 1.44. The van der Waals surface area contributed by atoms with E-state index in [2.05, 4.69) is 25.5 Å². The van der Waals surface area contributed by atoms with E-state index in [0.717, 1.165) is 29.5 Å². The van der Waals surface area contributed by atoms with Crippen molar-refractivity contribution >= 4 is 29.0 Å². The first kappa shape index (κ1) is 16.7. The summed E-state index contributed by atoms with van der Waals surface area (Å²) in [6.07, 6.45) is 3.75. The molecule has 0 bridgehead atoms. The van der Waals surface area contributed by atoms with E-state index >= 15 is 0 Å². The Kier molecular flexibility index (Phi) is 5.63. The van der Waals surface area contributed by atoms with Crippen LogP contribution in [0.15, 0.2) is 23.6 Å². The molecular formula is C17H23N5OS. The number of carbonyl (C=O) groups is 1. The highest BCUT2D eigenvalue weighted by molar-refractivity contribution is 7.12. The molecule has 1 aliphatic rings. The minimum atomic E-state index is -0.0361. The Morgan fingerprint density at radius 2 is 2.08 bits per heavy atom. The third kappa shape index (κ3) is 4.44. The Bertz CT molecular complexity index is 668. The molecule has 3 heterocycles. The molecule has 2 N–H and O–H groups in total. The van der Waals surface area contributed by atoms with Gasteiger partial charge in [0.05, 0.1) is 4.88 Å². The van der Waals surface area contributed by atoms with E-state index in [1.165, 1.54) is 30.6 Å². The van der Waals surface area contributed by atoms with Gasteiger partial charge >= 0.3 is 0 Å². The Balaban J connectivity index is 1.51.